The molecule has 1 unspecified atom stereocenters. The van der Waals surface area contributed by atoms with Crippen LogP contribution in [0.15, 0.2) is 24.4 Å². The van der Waals surface area contributed by atoms with Gasteiger partial charge in [0.05, 0.1) is 24.4 Å². The summed E-state index contributed by atoms with van der Waals surface area (Å²) in [5.74, 6) is -0.0787. The van der Waals surface area contributed by atoms with Gasteiger partial charge in [-0.15, -0.1) is 11.3 Å². The molecule has 0 spiro atoms. The molecule has 7 nitrogen and oxygen atoms in total. The zero-order chi connectivity index (χ0) is 19.8. The zero-order valence-electron chi connectivity index (χ0n) is 15.8. The highest BCUT2D eigenvalue weighted by Gasteiger charge is 2.29. The number of anilines is 2. The molecule has 4 rings (SSSR count). The van der Waals surface area contributed by atoms with Gasteiger partial charge in [0.15, 0.2) is 0 Å². The first-order valence-corrected chi connectivity index (χ1v) is 10.0. The number of fused-ring (bicyclic) bond motifs is 2. The molecule has 0 aliphatic heterocycles. The second-order valence-corrected chi connectivity index (χ2v) is 8.32. The number of benzene rings is 1. The molecule has 0 bridgehead atoms. The molecule has 146 valence electrons. The Hall–Kier alpha value is -2.87. The van der Waals surface area contributed by atoms with E-state index in [0.29, 0.717) is 22.2 Å². The molecule has 1 amide bonds. The number of carbonyl (C=O) groups is 2. The van der Waals surface area contributed by atoms with Crippen LogP contribution in [-0.4, -0.2) is 28.8 Å². The Kier molecular flexibility index (Phi) is 4.80. The van der Waals surface area contributed by atoms with Crippen molar-refractivity contribution in [2.75, 3.05) is 18.2 Å². The monoisotopic (exact) mass is 398 g/mol. The van der Waals surface area contributed by atoms with Gasteiger partial charge in [-0.1, -0.05) is 6.92 Å². The first kappa shape index (κ1) is 18.5. The van der Waals surface area contributed by atoms with Crippen molar-refractivity contribution in [2.45, 2.75) is 32.7 Å². The van der Waals surface area contributed by atoms with Gasteiger partial charge in [0.2, 0.25) is 5.91 Å². The number of carbonyl (C=O) groups excluding carboxylic acids is 2. The molecule has 8 heteroatoms. The Balaban J connectivity index is 1.60. The Morgan fingerprint density at radius 3 is 3.04 bits per heavy atom. The lowest BCUT2D eigenvalue weighted by Gasteiger charge is -2.18. The largest absolute Gasteiger partial charge is 0.465 e. The topological polar surface area (TPSA) is 99.2 Å². The molecule has 28 heavy (non-hydrogen) atoms. The number of nitrogen functional groups attached to an aromatic ring is 1. The van der Waals surface area contributed by atoms with Crippen molar-refractivity contribution in [3.63, 3.8) is 0 Å². The Morgan fingerprint density at radius 1 is 1.43 bits per heavy atom. The number of rotatable bonds is 4. The predicted molar refractivity (Wildman–Crippen MR) is 110 cm³/mol. The van der Waals surface area contributed by atoms with E-state index in [1.165, 1.54) is 18.4 Å². The number of esters is 1. The summed E-state index contributed by atoms with van der Waals surface area (Å²) in [7, 11) is 1.36. The summed E-state index contributed by atoms with van der Waals surface area (Å²) in [6.07, 6.45) is 4.48. The fourth-order valence-corrected chi connectivity index (χ4v) is 5.09. The lowest BCUT2D eigenvalue weighted by molar-refractivity contribution is -0.116. The number of aromatic nitrogens is 2. The molecule has 0 radical (unpaired) electrons. The van der Waals surface area contributed by atoms with Crippen molar-refractivity contribution in [3.05, 3.63) is 40.4 Å². The molecule has 1 atom stereocenters. The molecule has 0 fully saturated rings. The first-order valence-electron chi connectivity index (χ1n) is 9.20. The Labute approximate surface area is 166 Å². The molecular weight excluding hydrogens is 376 g/mol. The summed E-state index contributed by atoms with van der Waals surface area (Å²) in [4.78, 5) is 26.2. The van der Waals surface area contributed by atoms with Crippen LogP contribution >= 0.6 is 11.3 Å². The number of nitrogens with two attached hydrogens (primary N) is 1. The Bertz CT molecular complexity index is 1070. The number of ether oxygens (including phenoxy) is 1. The van der Waals surface area contributed by atoms with E-state index in [4.69, 9.17) is 10.5 Å². The number of nitrogens with zero attached hydrogens (tertiary/aromatic N) is 2. The van der Waals surface area contributed by atoms with Crippen molar-refractivity contribution in [1.29, 1.82) is 0 Å². The average Bonchev–Trinajstić information content (AvgIpc) is 3.21. The number of methoxy groups -OCH3 is 1. The summed E-state index contributed by atoms with van der Waals surface area (Å²) in [6.45, 7) is 2.24. The molecule has 3 aromatic rings. The van der Waals surface area contributed by atoms with E-state index in [2.05, 4.69) is 17.3 Å². The van der Waals surface area contributed by atoms with Crippen LogP contribution in [0.25, 0.3) is 10.9 Å². The molecule has 1 aliphatic carbocycles. The first-order chi connectivity index (χ1) is 13.5. The summed E-state index contributed by atoms with van der Waals surface area (Å²) < 4.78 is 6.58. The minimum atomic E-state index is -0.403. The normalized spacial score (nSPS) is 16.0. The molecular formula is C20H22N4O3S. The molecule has 0 saturated carbocycles. The van der Waals surface area contributed by atoms with Gasteiger partial charge in [-0.05, 0) is 48.9 Å². The third-order valence-corrected chi connectivity index (χ3v) is 6.29. The molecule has 1 aromatic carbocycles. The number of amides is 1. The van der Waals surface area contributed by atoms with Gasteiger partial charge < -0.3 is 15.8 Å². The zero-order valence-corrected chi connectivity index (χ0v) is 16.6. The lowest BCUT2D eigenvalue weighted by Crippen LogP contribution is -2.20. The molecule has 1 aliphatic rings. The van der Waals surface area contributed by atoms with Crippen molar-refractivity contribution in [2.24, 2.45) is 5.92 Å². The third kappa shape index (κ3) is 3.35. The van der Waals surface area contributed by atoms with Crippen LogP contribution in [0.2, 0.25) is 0 Å². The molecule has 2 heterocycles. The summed E-state index contributed by atoms with van der Waals surface area (Å²) >= 11 is 1.47. The quantitative estimate of drug-likeness (QED) is 0.519. The van der Waals surface area contributed by atoms with Crippen LogP contribution in [0, 0.1) is 5.92 Å². The van der Waals surface area contributed by atoms with Gasteiger partial charge in [-0.2, -0.15) is 5.10 Å². The Morgan fingerprint density at radius 2 is 2.25 bits per heavy atom. The van der Waals surface area contributed by atoms with E-state index in [9.17, 15) is 9.59 Å². The smallest absolute Gasteiger partial charge is 0.341 e. The van der Waals surface area contributed by atoms with Crippen LogP contribution in [0.4, 0.5) is 10.7 Å². The molecule has 0 saturated heterocycles. The van der Waals surface area contributed by atoms with Crippen LogP contribution in [0.3, 0.4) is 0 Å². The number of nitrogens with one attached hydrogen (secondary N) is 1. The number of thiophene rings is 1. The summed E-state index contributed by atoms with van der Waals surface area (Å²) in [6, 6.07) is 5.46. The van der Waals surface area contributed by atoms with E-state index < -0.39 is 5.97 Å². The second kappa shape index (κ2) is 7.27. The highest BCUT2D eigenvalue weighted by molar-refractivity contribution is 7.17. The van der Waals surface area contributed by atoms with Gasteiger partial charge in [-0.25, -0.2) is 4.79 Å². The van der Waals surface area contributed by atoms with Crippen LogP contribution in [0.5, 0.6) is 0 Å². The molecule has 3 N–H and O–H groups in total. The van der Waals surface area contributed by atoms with Crippen LogP contribution < -0.4 is 11.1 Å². The maximum absolute atomic E-state index is 12.7. The van der Waals surface area contributed by atoms with E-state index in [0.717, 1.165) is 40.6 Å². The van der Waals surface area contributed by atoms with Crippen LogP contribution in [0.1, 0.15) is 34.1 Å². The lowest BCUT2D eigenvalue weighted by atomic mass is 9.88. The highest BCUT2D eigenvalue weighted by atomic mass is 32.1. The average molecular weight is 398 g/mol. The van der Waals surface area contributed by atoms with Gasteiger partial charge in [0.25, 0.3) is 0 Å². The van der Waals surface area contributed by atoms with Crippen molar-refractivity contribution in [1.82, 2.24) is 9.78 Å². The number of hydrogen-bond donors (Lipinski definition) is 2. The third-order valence-electron chi connectivity index (χ3n) is 5.12. The predicted octanol–water partition coefficient (Wildman–Crippen LogP) is 3.23. The molecule has 2 aromatic heterocycles. The fraction of sp³-hybridized carbons (Fsp3) is 0.350. The van der Waals surface area contributed by atoms with E-state index in [-0.39, 0.29) is 12.5 Å². The van der Waals surface area contributed by atoms with Gasteiger partial charge in [-0.3, -0.25) is 9.48 Å². The van der Waals surface area contributed by atoms with E-state index in [1.807, 2.05) is 6.07 Å². The van der Waals surface area contributed by atoms with Crippen LogP contribution in [-0.2, 0) is 28.9 Å². The standard InChI is InChI=1S/C20H22N4O3S/c1-11-3-6-14-16(7-11)28-19(18(14)20(26)27-2)23-17(25)10-24-15-8-13(21)5-4-12(15)9-22-24/h4-5,8-9,11H,3,6-7,10,21H2,1-2H3,(H,23,25). The van der Waals surface area contributed by atoms with Crippen molar-refractivity contribution < 1.29 is 14.3 Å². The maximum atomic E-state index is 12.7. The van der Waals surface area contributed by atoms with Crippen molar-refractivity contribution >= 4 is 44.8 Å². The van der Waals surface area contributed by atoms with Gasteiger partial charge >= 0.3 is 5.97 Å². The fourth-order valence-electron chi connectivity index (χ4n) is 3.67. The summed E-state index contributed by atoms with van der Waals surface area (Å²) in [5.41, 5.74) is 8.77. The van der Waals surface area contributed by atoms with E-state index in [1.54, 1.807) is 23.0 Å². The van der Waals surface area contributed by atoms with Gasteiger partial charge in [0, 0.05) is 16.0 Å². The number of hydrogen-bond acceptors (Lipinski definition) is 6. The minimum Gasteiger partial charge on any atom is -0.465 e. The van der Waals surface area contributed by atoms with Gasteiger partial charge in [0.1, 0.15) is 11.5 Å². The summed E-state index contributed by atoms with van der Waals surface area (Å²) in [5, 5.41) is 8.66. The maximum Gasteiger partial charge on any atom is 0.341 e. The SMILES string of the molecule is COC(=O)c1c(NC(=O)Cn2ncc3ccc(N)cc32)sc2c1CCC(C)C2. The van der Waals surface area contributed by atoms with Crippen molar-refractivity contribution in [3.8, 4) is 0 Å². The highest BCUT2D eigenvalue weighted by Crippen LogP contribution is 2.40. The van der Waals surface area contributed by atoms with E-state index >= 15 is 0 Å². The minimum absolute atomic E-state index is 0.0343. The second-order valence-electron chi connectivity index (χ2n) is 7.22.